The van der Waals surface area contributed by atoms with Crippen molar-refractivity contribution in [3.8, 4) is 5.75 Å². The van der Waals surface area contributed by atoms with Crippen molar-refractivity contribution in [1.82, 2.24) is 10.6 Å². The molecule has 1 aromatic carbocycles. The van der Waals surface area contributed by atoms with Crippen molar-refractivity contribution in [2.24, 2.45) is 5.92 Å². The Hall–Kier alpha value is -1.82. The summed E-state index contributed by atoms with van der Waals surface area (Å²) in [6.07, 6.45) is 2.56. The number of rotatable bonds is 3. The van der Waals surface area contributed by atoms with Gasteiger partial charge in [-0.2, -0.15) is 0 Å². The van der Waals surface area contributed by atoms with Crippen LogP contribution in [0.2, 0.25) is 0 Å². The molecular weight excluding hydrogens is 299 g/mol. The summed E-state index contributed by atoms with van der Waals surface area (Å²) in [5.74, 6) is 0.549. The Morgan fingerprint density at radius 3 is 3.00 bits per heavy atom. The number of benzene rings is 1. The second-order valence-corrected chi connectivity index (χ2v) is 6.26. The number of hydrogen-bond donors (Lipinski definition) is 2. The molecule has 3 rings (SSSR count). The van der Waals surface area contributed by atoms with E-state index in [-0.39, 0.29) is 23.9 Å². The number of carbonyl (C=O) groups is 1. The lowest BCUT2D eigenvalue weighted by Crippen LogP contribution is -2.45. The van der Waals surface area contributed by atoms with Crippen LogP contribution < -0.4 is 15.4 Å². The van der Waals surface area contributed by atoms with Crippen molar-refractivity contribution in [3.63, 3.8) is 0 Å². The number of urea groups is 1. The Morgan fingerprint density at radius 1 is 1.35 bits per heavy atom. The third-order valence-electron chi connectivity index (χ3n) is 4.58. The van der Waals surface area contributed by atoms with Crippen LogP contribution in [0.4, 0.5) is 9.18 Å². The molecule has 6 heteroatoms. The van der Waals surface area contributed by atoms with Crippen LogP contribution in [-0.4, -0.2) is 31.9 Å². The summed E-state index contributed by atoms with van der Waals surface area (Å²) in [4.78, 5) is 12.3. The van der Waals surface area contributed by atoms with Gasteiger partial charge in [-0.15, -0.1) is 0 Å². The van der Waals surface area contributed by atoms with Gasteiger partial charge >= 0.3 is 6.03 Å². The molecular formula is C17H23FN2O3. The van der Waals surface area contributed by atoms with E-state index in [4.69, 9.17) is 9.47 Å². The highest BCUT2D eigenvalue weighted by Gasteiger charge is 2.26. The van der Waals surface area contributed by atoms with E-state index in [1.165, 1.54) is 12.1 Å². The van der Waals surface area contributed by atoms with Gasteiger partial charge in [0.15, 0.2) is 0 Å². The Balaban J connectivity index is 1.63. The van der Waals surface area contributed by atoms with Gasteiger partial charge in [0, 0.05) is 30.2 Å². The van der Waals surface area contributed by atoms with E-state index in [2.05, 4.69) is 10.6 Å². The lowest BCUT2D eigenvalue weighted by molar-refractivity contribution is 0.177. The van der Waals surface area contributed by atoms with Crippen LogP contribution in [0.15, 0.2) is 18.2 Å². The molecule has 126 valence electrons. The van der Waals surface area contributed by atoms with E-state index in [0.717, 1.165) is 31.4 Å². The molecule has 2 amide bonds. The summed E-state index contributed by atoms with van der Waals surface area (Å²) < 4.78 is 24.3. The van der Waals surface area contributed by atoms with Crippen molar-refractivity contribution < 1.29 is 18.7 Å². The Bertz CT molecular complexity index is 561. The van der Waals surface area contributed by atoms with Gasteiger partial charge < -0.3 is 20.1 Å². The van der Waals surface area contributed by atoms with Crippen LogP contribution in [0.5, 0.6) is 5.75 Å². The van der Waals surface area contributed by atoms with Crippen molar-refractivity contribution in [2.45, 2.75) is 38.3 Å². The van der Waals surface area contributed by atoms with E-state index >= 15 is 0 Å². The molecule has 0 bridgehead atoms. The smallest absolute Gasteiger partial charge is 0.315 e. The Labute approximate surface area is 135 Å². The number of amides is 2. The average molecular weight is 322 g/mol. The fourth-order valence-corrected chi connectivity index (χ4v) is 3.17. The van der Waals surface area contributed by atoms with Gasteiger partial charge in [-0.3, -0.25) is 0 Å². The van der Waals surface area contributed by atoms with Crippen LogP contribution in [-0.2, 0) is 4.74 Å². The van der Waals surface area contributed by atoms with E-state index in [9.17, 15) is 9.18 Å². The van der Waals surface area contributed by atoms with Gasteiger partial charge in [0.2, 0.25) is 0 Å². The monoisotopic (exact) mass is 322 g/mol. The standard InChI is InChI=1S/C17H23FN2O3/c1-11(12-6-8-22-10-12)19-17(21)20-15-3-2-7-23-16-9-13(18)4-5-14(15)16/h4-5,9,11-12,15H,2-3,6-8,10H2,1H3,(H2,19,20,21)/t11-,12-,15+/m0/s1. The highest BCUT2D eigenvalue weighted by molar-refractivity contribution is 5.75. The molecule has 2 aliphatic rings. The second-order valence-electron chi connectivity index (χ2n) is 6.26. The van der Waals surface area contributed by atoms with Crippen LogP contribution in [0, 0.1) is 11.7 Å². The normalized spacial score (nSPS) is 25.0. The maximum absolute atomic E-state index is 13.4. The molecule has 0 radical (unpaired) electrons. The second kappa shape index (κ2) is 7.17. The third-order valence-corrected chi connectivity index (χ3v) is 4.58. The fraction of sp³-hybridized carbons (Fsp3) is 0.588. The van der Waals surface area contributed by atoms with Crippen molar-refractivity contribution >= 4 is 6.03 Å². The van der Waals surface area contributed by atoms with Gasteiger partial charge in [-0.25, -0.2) is 9.18 Å². The number of fused-ring (bicyclic) bond motifs is 1. The molecule has 2 N–H and O–H groups in total. The maximum atomic E-state index is 13.4. The SMILES string of the molecule is C[C@H](NC(=O)N[C@@H]1CCCOc2cc(F)ccc21)[C@H]1CCOC1. The third kappa shape index (κ3) is 3.93. The van der Waals surface area contributed by atoms with E-state index in [1.54, 1.807) is 6.07 Å². The van der Waals surface area contributed by atoms with Crippen LogP contribution in [0.3, 0.4) is 0 Å². The highest BCUT2D eigenvalue weighted by Crippen LogP contribution is 2.32. The summed E-state index contributed by atoms with van der Waals surface area (Å²) in [5, 5.41) is 5.98. The molecule has 0 saturated carbocycles. The quantitative estimate of drug-likeness (QED) is 0.899. The summed E-state index contributed by atoms with van der Waals surface area (Å²) in [6.45, 7) is 3.99. The van der Waals surface area contributed by atoms with Crippen molar-refractivity contribution in [1.29, 1.82) is 0 Å². The molecule has 2 heterocycles. The molecule has 3 atom stereocenters. The van der Waals surface area contributed by atoms with Gasteiger partial charge in [0.05, 0.1) is 19.3 Å². The lowest BCUT2D eigenvalue weighted by atomic mass is 10.0. The zero-order valence-electron chi connectivity index (χ0n) is 13.3. The fourth-order valence-electron chi connectivity index (χ4n) is 3.17. The summed E-state index contributed by atoms with van der Waals surface area (Å²) >= 11 is 0. The van der Waals surface area contributed by atoms with Crippen LogP contribution >= 0.6 is 0 Å². The van der Waals surface area contributed by atoms with Gasteiger partial charge in [0.25, 0.3) is 0 Å². The molecule has 23 heavy (non-hydrogen) atoms. The van der Waals surface area contributed by atoms with Gasteiger partial charge in [-0.05, 0) is 32.3 Å². The highest BCUT2D eigenvalue weighted by atomic mass is 19.1. The molecule has 1 saturated heterocycles. The lowest BCUT2D eigenvalue weighted by Gasteiger charge is -2.23. The first kappa shape index (κ1) is 16.1. The first-order valence-corrected chi connectivity index (χ1v) is 8.20. The van der Waals surface area contributed by atoms with Gasteiger partial charge in [0.1, 0.15) is 11.6 Å². The number of nitrogens with one attached hydrogen (secondary N) is 2. The van der Waals surface area contributed by atoms with E-state index in [1.807, 2.05) is 6.92 Å². The van der Waals surface area contributed by atoms with Crippen LogP contribution in [0.1, 0.15) is 37.8 Å². The molecule has 1 fully saturated rings. The summed E-state index contributed by atoms with van der Waals surface area (Å²) in [5.41, 5.74) is 0.830. The molecule has 0 aromatic heterocycles. The number of hydrogen-bond acceptors (Lipinski definition) is 3. The molecule has 0 aliphatic carbocycles. The number of carbonyl (C=O) groups excluding carboxylic acids is 1. The molecule has 0 unspecified atom stereocenters. The van der Waals surface area contributed by atoms with Crippen LogP contribution in [0.25, 0.3) is 0 Å². The maximum Gasteiger partial charge on any atom is 0.315 e. The Morgan fingerprint density at radius 2 is 2.22 bits per heavy atom. The zero-order valence-corrected chi connectivity index (χ0v) is 13.3. The number of halogens is 1. The molecule has 5 nitrogen and oxygen atoms in total. The minimum Gasteiger partial charge on any atom is -0.493 e. The van der Waals surface area contributed by atoms with E-state index < -0.39 is 0 Å². The number of ether oxygens (including phenoxy) is 2. The largest absolute Gasteiger partial charge is 0.493 e. The predicted octanol–water partition coefficient (Wildman–Crippen LogP) is 2.76. The van der Waals surface area contributed by atoms with Crippen molar-refractivity contribution in [2.75, 3.05) is 19.8 Å². The van der Waals surface area contributed by atoms with E-state index in [0.29, 0.717) is 24.9 Å². The first-order chi connectivity index (χ1) is 11.1. The zero-order chi connectivity index (χ0) is 16.2. The summed E-state index contributed by atoms with van der Waals surface area (Å²) in [6, 6.07) is 4.17. The molecule has 0 spiro atoms. The van der Waals surface area contributed by atoms with Gasteiger partial charge in [-0.1, -0.05) is 6.07 Å². The predicted molar refractivity (Wildman–Crippen MR) is 83.9 cm³/mol. The minimum atomic E-state index is -0.330. The minimum absolute atomic E-state index is 0.0622. The van der Waals surface area contributed by atoms with Crippen molar-refractivity contribution in [3.05, 3.63) is 29.6 Å². The topological polar surface area (TPSA) is 59.6 Å². The Kier molecular flexibility index (Phi) is 5.00. The summed E-state index contributed by atoms with van der Waals surface area (Å²) in [7, 11) is 0. The molecule has 2 aliphatic heterocycles. The first-order valence-electron chi connectivity index (χ1n) is 8.20. The average Bonchev–Trinajstić information content (AvgIpc) is 2.98. The molecule has 1 aromatic rings.